The van der Waals surface area contributed by atoms with Gasteiger partial charge >= 0.3 is 6.18 Å². The fourth-order valence-corrected chi connectivity index (χ4v) is 5.43. The molecule has 7 nitrogen and oxygen atoms in total. The number of carbonyl (C=O) groups excluding carboxylic acids is 1. The Morgan fingerprint density at radius 2 is 1.98 bits per heavy atom. The Labute approximate surface area is 241 Å². The summed E-state index contributed by atoms with van der Waals surface area (Å²) in [6.45, 7) is 3.94. The van der Waals surface area contributed by atoms with Crippen molar-refractivity contribution >= 4 is 39.9 Å². The van der Waals surface area contributed by atoms with Gasteiger partial charge in [0.2, 0.25) is 0 Å². The molecule has 1 aliphatic heterocycles. The number of carbonyl (C=O) groups is 1. The number of likely N-dealkylation sites (tertiary alicyclic amines) is 1. The van der Waals surface area contributed by atoms with E-state index in [0.717, 1.165) is 41.2 Å². The lowest BCUT2D eigenvalue weighted by atomic mass is 10.0. The number of hydrogen-bond acceptors (Lipinski definition) is 5. The van der Waals surface area contributed by atoms with Crippen molar-refractivity contribution in [3.05, 3.63) is 87.7 Å². The molecule has 5 rings (SSSR count). The van der Waals surface area contributed by atoms with E-state index in [2.05, 4.69) is 25.5 Å². The van der Waals surface area contributed by atoms with Crippen LogP contribution in [0.15, 0.2) is 54.9 Å². The second-order valence-electron chi connectivity index (χ2n) is 10.7. The van der Waals surface area contributed by atoms with Crippen molar-refractivity contribution in [1.82, 2.24) is 19.8 Å². The summed E-state index contributed by atoms with van der Waals surface area (Å²) in [6.07, 6.45) is -0.196. The zero-order valence-electron chi connectivity index (χ0n) is 23.1. The number of benzene rings is 2. The van der Waals surface area contributed by atoms with Gasteiger partial charge in [0.05, 0.1) is 10.6 Å². The van der Waals surface area contributed by atoms with Gasteiger partial charge in [0.25, 0.3) is 5.91 Å². The molecule has 1 amide bonds. The van der Waals surface area contributed by atoms with Gasteiger partial charge in [-0.25, -0.2) is 4.98 Å². The van der Waals surface area contributed by atoms with Crippen LogP contribution in [0.1, 0.15) is 39.0 Å². The highest BCUT2D eigenvalue weighted by Crippen LogP contribution is 2.34. The first-order valence-corrected chi connectivity index (χ1v) is 13.7. The third-order valence-corrected chi connectivity index (χ3v) is 8.05. The van der Waals surface area contributed by atoms with Crippen LogP contribution in [-0.4, -0.2) is 58.9 Å². The predicted octanol–water partition coefficient (Wildman–Crippen LogP) is 6.54. The van der Waals surface area contributed by atoms with Crippen LogP contribution in [0.2, 0.25) is 5.02 Å². The van der Waals surface area contributed by atoms with E-state index in [0.29, 0.717) is 35.5 Å². The predicted molar refractivity (Wildman–Crippen MR) is 156 cm³/mol. The molecule has 0 saturated carbocycles. The molecule has 0 spiro atoms. The molecule has 3 N–H and O–H groups in total. The number of alkyl halides is 3. The van der Waals surface area contributed by atoms with Gasteiger partial charge < -0.3 is 20.5 Å². The number of fused-ring (bicyclic) bond motifs is 1. The highest BCUT2D eigenvalue weighted by molar-refractivity contribution is 6.36. The molecule has 41 heavy (non-hydrogen) atoms. The molecule has 2 aromatic heterocycles. The summed E-state index contributed by atoms with van der Waals surface area (Å²) in [5.41, 5.74) is 2.97. The minimum absolute atomic E-state index is 0.0542. The largest absolute Gasteiger partial charge is 0.416 e. The fourth-order valence-electron chi connectivity index (χ4n) is 5.16. The summed E-state index contributed by atoms with van der Waals surface area (Å²) >= 11 is 6.54. The summed E-state index contributed by atoms with van der Waals surface area (Å²) in [5.74, 6) is -0.615. The average Bonchev–Trinajstić information content (AvgIpc) is 3.60. The number of aryl methyl sites for hydroxylation is 1. The van der Waals surface area contributed by atoms with Crippen LogP contribution >= 0.6 is 11.6 Å². The van der Waals surface area contributed by atoms with Gasteiger partial charge in [-0.3, -0.25) is 9.69 Å². The third kappa shape index (κ3) is 6.50. The minimum atomic E-state index is -4.58. The Kier molecular flexibility index (Phi) is 8.26. The van der Waals surface area contributed by atoms with Crippen molar-refractivity contribution in [2.75, 3.05) is 37.8 Å². The number of aromatic amines is 1. The van der Waals surface area contributed by atoms with E-state index in [1.807, 2.05) is 38.1 Å². The summed E-state index contributed by atoms with van der Waals surface area (Å²) in [6, 6.07) is 11.3. The summed E-state index contributed by atoms with van der Waals surface area (Å²) in [5, 5.41) is 7.48. The van der Waals surface area contributed by atoms with Crippen LogP contribution in [0.25, 0.3) is 11.0 Å². The van der Waals surface area contributed by atoms with Crippen molar-refractivity contribution in [2.45, 2.75) is 38.7 Å². The maximum atomic E-state index is 14.0. The Balaban J connectivity index is 1.29. The average molecular weight is 585 g/mol. The molecular weight excluding hydrogens is 553 g/mol. The van der Waals surface area contributed by atoms with Gasteiger partial charge in [0.15, 0.2) is 0 Å². The number of aromatic nitrogens is 2. The Morgan fingerprint density at radius 1 is 1.17 bits per heavy atom. The van der Waals surface area contributed by atoms with Crippen molar-refractivity contribution in [1.29, 1.82) is 0 Å². The van der Waals surface area contributed by atoms with Crippen LogP contribution in [0.3, 0.4) is 0 Å². The van der Waals surface area contributed by atoms with Gasteiger partial charge in [-0.05, 0) is 68.9 Å². The van der Waals surface area contributed by atoms with Crippen molar-refractivity contribution in [3.8, 4) is 0 Å². The van der Waals surface area contributed by atoms with Crippen molar-refractivity contribution < 1.29 is 18.0 Å². The molecule has 0 unspecified atom stereocenters. The third-order valence-electron chi connectivity index (χ3n) is 7.61. The number of hydrogen-bond donors (Lipinski definition) is 3. The Hall–Kier alpha value is -3.60. The fraction of sp³-hybridized carbons (Fsp3) is 0.333. The first kappa shape index (κ1) is 28.9. The monoisotopic (exact) mass is 584 g/mol. The van der Waals surface area contributed by atoms with Crippen LogP contribution in [0.4, 0.5) is 24.5 Å². The lowest BCUT2D eigenvalue weighted by molar-refractivity contribution is -0.138. The summed E-state index contributed by atoms with van der Waals surface area (Å²) in [7, 11) is 3.96. The molecule has 2 aromatic carbocycles. The van der Waals surface area contributed by atoms with Gasteiger partial charge in [-0.1, -0.05) is 23.7 Å². The number of pyridine rings is 1. The van der Waals surface area contributed by atoms with Crippen LogP contribution in [0, 0.1) is 6.92 Å². The van der Waals surface area contributed by atoms with Gasteiger partial charge in [0.1, 0.15) is 5.65 Å². The highest BCUT2D eigenvalue weighted by atomic mass is 35.5. The highest BCUT2D eigenvalue weighted by Gasteiger charge is 2.35. The number of H-pyrrole nitrogens is 1. The van der Waals surface area contributed by atoms with Crippen molar-refractivity contribution in [3.63, 3.8) is 0 Å². The molecule has 1 saturated heterocycles. The zero-order valence-corrected chi connectivity index (χ0v) is 23.8. The molecular formula is C30H32ClF3N6O. The molecule has 11 heteroatoms. The van der Waals surface area contributed by atoms with Crippen LogP contribution in [0.5, 0.6) is 0 Å². The van der Waals surface area contributed by atoms with Gasteiger partial charge in [0, 0.05) is 72.5 Å². The Morgan fingerprint density at radius 3 is 2.71 bits per heavy atom. The number of amides is 1. The lowest BCUT2D eigenvalue weighted by Crippen LogP contribution is -2.31. The molecule has 1 aliphatic rings. The standard InChI is InChI=1S/C30H32ClF3N6O/c1-18-4-7-22(13-26(18)36-14-21-15-37-28-24(27(21)31)8-10-35-28)38-29(41)19-5-6-20(25(12-19)30(32,33)34)16-40-11-9-23(17-40)39(2)3/h4-8,10,12-13,15,23,36H,9,11,14,16-17H2,1-3H3,(H,35,37)(H,38,41)/t23-/m0/s1. The molecule has 216 valence electrons. The van der Waals surface area contributed by atoms with E-state index in [1.54, 1.807) is 24.5 Å². The lowest BCUT2D eigenvalue weighted by Gasteiger charge is -2.22. The molecule has 0 bridgehead atoms. The number of anilines is 2. The first-order valence-electron chi connectivity index (χ1n) is 13.3. The SMILES string of the molecule is Cc1ccc(NC(=O)c2ccc(CN3CC[C@H](N(C)C)C3)c(C(F)(F)F)c2)cc1NCc1cnc2[nH]ccc2c1Cl. The summed E-state index contributed by atoms with van der Waals surface area (Å²) in [4.78, 5) is 24.6. The van der Waals surface area contributed by atoms with E-state index in [4.69, 9.17) is 11.6 Å². The minimum Gasteiger partial charge on any atom is -0.381 e. The van der Waals surface area contributed by atoms with E-state index >= 15 is 0 Å². The maximum Gasteiger partial charge on any atom is 0.416 e. The molecule has 1 atom stereocenters. The zero-order chi connectivity index (χ0) is 29.3. The second-order valence-corrected chi connectivity index (χ2v) is 11.1. The number of rotatable bonds is 8. The summed E-state index contributed by atoms with van der Waals surface area (Å²) < 4.78 is 42.1. The molecule has 3 heterocycles. The maximum absolute atomic E-state index is 14.0. The van der Waals surface area contributed by atoms with Gasteiger partial charge in [-0.2, -0.15) is 13.2 Å². The Bertz CT molecular complexity index is 1570. The van der Waals surface area contributed by atoms with Gasteiger partial charge in [-0.15, -0.1) is 0 Å². The van der Waals surface area contributed by atoms with E-state index in [1.165, 1.54) is 12.1 Å². The van der Waals surface area contributed by atoms with E-state index in [-0.39, 0.29) is 17.7 Å². The first-order chi connectivity index (χ1) is 19.5. The van der Waals surface area contributed by atoms with Crippen LogP contribution < -0.4 is 10.6 Å². The quantitative estimate of drug-likeness (QED) is 0.219. The normalized spacial score (nSPS) is 16.0. The van der Waals surface area contributed by atoms with Crippen LogP contribution in [-0.2, 0) is 19.3 Å². The molecule has 0 aliphatic carbocycles. The number of nitrogens with zero attached hydrogens (tertiary/aromatic N) is 3. The molecule has 0 radical (unpaired) electrons. The number of halogens is 4. The van der Waals surface area contributed by atoms with E-state index < -0.39 is 17.6 Å². The smallest absolute Gasteiger partial charge is 0.381 e. The van der Waals surface area contributed by atoms with Crippen molar-refractivity contribution in [2.24, 2.45) is 0 Å². The number of likely N-dealkylation sites (N-methyl/N-ethyl adjacent to an activating group) is 1. The second kappa shape index (κ2) is 11.7. The molecule has 1 fully saturated rings. The topological polar surface area (TPSA) is 76.3 Å². The molecule has 4 aromatic rings. The van der Waals surface area contributed by atoms with E-state index in [9.17, 15) is 18.0 Å². The number of nitrogens with one attached hydrogen (secondary N) is 3.